The Kier molecular flexibility index (Phi) is 8.74. The van der Waals surface area contributed by atoms with Crippen molar-refractivity contribution in [3.05, 3.63) is 52.7 Å². The molecule has 0 saturated carbocycles. The number of fused-ring (bicyclic) bond motifs is 1. The van der Waals surface area contributed by atoms with Gasteiger partial charge in [0, 0.05) is 56.2 Å². The van der Waals surface area contributed by atoms with E-state index in [9.17, 15) is 0 Å². The SMILES string of the molecule is CCNC(=NCCCc1nnc2ccccn12)N(C)Cc1cc(Br)cn1C.I. The topological polar surface area (TPSA) is 62.8 Å². The molecular formula is C19H27BrIN7. The molecule has 0 spiro atoms. The third kappa shape index (κ3) is 5.69. The number of hydrogen-bond donors (Lipinski definition) is 1. The van der Waals surface area contributed by atoms with Crippen molar-refractivity contribution in [2.75, 3.05) is 20.1 Å². The van der Waals surface area contributed by atoms with Crippen LogP contribution in [0, 0.1) is 0 Å². The van der Waals surface area contributed by atoms with Gasteiger partial charge in [-0.2, -0.15) is 0 Å². The predicted molar refractivity (Wildman–Crippen MR) is 127 cm³/mol. The number of hydrogen-bond acceptors (Lipinski definition) is 3. The van der Waals surface area contributed by atoms with E-state index in [2.05, 4.69) is 74.2 Å². The molecule has 1 N–H and O–H groups in total. The summed E-state index contributed by atoms with van der Waals surface area (Å²) in [5, 5.41) is 11.9. The minimum Gasteiger partial charge on any atom is -0.357 e. The first kappa shape index (κ1) is 22.7. The number of nitrogens with zero attached hydrogens (tertiary/aromatic N) is 6. The summed E-state index contributed by atoms with van der Waals surface area (Å²) in [6, 6.07) is 8.07. The van der Waals surface area contributed by atoms with E-state index in [4.69, 9.17) is 4.99 Å². The van der Waals surface area contributed by atoms with Gasteiger partial charge in [-0.25, -0.2) is 0 Å². The average Bonchev–Trinajstić information content (AvgIpc) is 3.20. The summed E-state index contributed by atoms with van der Waals surface area (Å²) in [4.78, 5) is 6.93. The molecule has 7 nitrogen and oxygen atoms in total. The lowest BCUT2D eigenvalue weighted by Crippen LogP contribution is -2.38. The van der Waals surface area contributed by atoms with E-state index >= 15 is 0 Å². The second-order valence-electron chi connectivity index (χ2n) is 6.50. The Balaban J connectivity index is 0.00000280. The van der Waals surface area contributed by atoms with Crippen molar-refractivity contribution in [1.29, 1.82) is 0 Å². The Morgan fingerprint density at radius 2 is 2.14 bits per heavy atom. The van der Waals surface area contributed by atoms with Crippen LogP contribution in [0.1, 0.15) is 24.9 Å². The quantitative estimate of drug-likeness (QED) is 0.208. The molecule has 0 aliphatic carbocycles. The summed E-state index contributed by atoms with van der Waals surface area (Å²) < 4.78 is 5.25. The molecular weight excluding hydrogens is 533 g/mol. The Labute approximate surface area is 191 Å². The predicted octanol–water partition coefficient (Wildman–Crippen LogP) is 3.48. The van der Waals surface area contributed by atoms with Gasteiger partial charge in [-0.05, 0) is 47.5 Å². The maximum Gasteiger partial charge on any atom is 0.194 e. The first-order chi connectivity index (χ1) is 13.1. The highest BCUT2D eigenvalue weighted by molar-refractivity contribution is 14.0. The van der Waals surface area contributed by atoms with E-state index in [1.165, 1.54) is 5.69 Å². The smallest absolute Gasteiger partial charge is 0.194 e. The van der Waals surface area contributed by atoms with Gasteiger partial charge >= 0.3 is 0 Å². The van der Waals surface area contributed by atoms with Gasteiger partial charge in [-0.15, -0.1) is 34.2 Å². The van der Waals surface area contributed by atoms with Crippen molar-refractivity contribution < 1.29 is 0 Å². The molecule has 3 rings (SSSR count). The second-order valence-corrected chi connectivity index (χ2v) is 7.42. The van der Waals surface area contributed by atoms with Gasteiger partial charge in [-0.3, -0.25) is 9.39 Å². The molecule has 0 saturated heterocycles. The summed E-state index contributed by atoms with van der Waals surface area (Å²) >= 11 is 3.53. The molecule has 0 aliphatic rings. The maximum atomic E-state index is 4.78. The van der Waals surface area contributed by atoms with Crippen molar-refractivity contribution in [2.24, 2.45) is 12.0 Å². The van der Waals surface area contributed by atoms with E-state index in [1.54, 1.807) is 0 Å². The number of rotatable bonds is 7. The molecule has 152 valence electrons. The van der Waals surface area contributed by atoms with Crippen LogP contribution in [-0.2, 0) is 20.0 Å². The molecule has 3 aromatic heterocycles. The molecule has 28 heavy (non-hydrogen) atoms. The van der Waals surface area contributed by atoms with Crippen molar-refractivity contribution >= 4 is 51.5 Å². The summed E-state index contributed by atoms with van der Waals surface area (Å²) in [5.74, 6) is 1.90. The molecule has 0 aliphatic heterocycles. The zero-order valence-electron chi connectivity index (χ0n) is 16.5. The molecule has 0 amide bonds. The molecule has 3 aromatic rings. The molecule has 3 heterocycles. The number of pyridine rings is 1. The Morgan fingerprint density at radius 1 is 1.32 bits per heavy atom. The van der Waals surface area contributed by atoms with Gasteiger partial charge in [0.1, 0.15) is 5.82 Å². The summed E-state index contributed by atoms with van der Waals surface area (Å²) in [6.45, 7) is 4.47. The van der Waals surface area contributed by atoms with Crippen LogP contribution in [0.4, 0.5) is 0 Å². The van der Waals surface area contributed by atoms with Crippen LogP contribution < -0.4 is 5.32 Å². The van der Waals surface area contributed by atoms with Crippen LogP contribution in [-0.4, -0.2) is 50.2 Å². The fourth-order valence-corrected chi connectivity index (χ4v) is 3.57. The van der Waals surface area contributed by atoms with Crippen molar-refractivity contribution in [3.8, 4) is 0 Å². The highest BCUT2D eigenvalue weighted by Gasteiger charge is 2.10. The van der Waals surface area contributed by atoms with Crippen LogP contribution >= 0.6 is 39.9 Å². The van der Waals surface area contributed by atoms with E-state index in [1.807, 2.05) is 28.8 Å². The molecule has 0 unspecified atom stereocenters. The standard InChI is InChI=1S/C19H26BrN7.HI/c1-4-21-19(26(3)14-16-12-15(20)13-25(16)2)22-10-7-9-18-24-23-17-8-5-6-11-27(17)18;/h5-6,8,11-13H,4,7,9-10,14H2,1-3H3,(H,21,22);1H. The van der Waals surface area contributed by atoms with Gasteiger partial charge in [0.25, 0.3) is 0 Å². The van der Waals surface area contributed by atoms with Gasteiger partial charge < -0.3 is 14.8 Å². The summed E-state index contributed by atoms with van der Waals surface area (Å²) in [5.41, 5.74) is 2.11. The van der Waals surface area contributed by atoms with Gasteiger partial charge in [-0.1, -0.05) is 6.07 Å². The fraction of sp³-hybridized carbons (Fsp3) is 0.421. The van der Waals surface area contributed by atoms with E-state index in [-0.39, 0.29) is 24.0 Å². The molecule has 0 aromatic carbocycles. The highest BCUT2D eigenvalue weighted by Crippen LogP contribution is 2.15. The first-order valence-electron chi connectivity index (χ1n) is 9.17. The Bertz CT molecular complexity index is 918. The zero-order chi connectivity index (χ0) is 19.2. The lowest BCUT2D eigenvalue weighted by Gasteiger charge is -2.22. The molecule has 0 fully saturated rings. The first-order valence-corrected chi connectivity index (χ1v) is 9.96. The van der Waals surface area contributed by atoms with Crippen LogP contribution in [0.15, 0.2) is 46.1 Å². The maximum absolute atomic E-state index is 4.78. The normalized spacial score (nSPS) is 11.5. The Hall–Kier alpha value is -1.62. The van der Waals surface area contributed by atoms with Crippen LogP contribution in [0.5, 0.6) is 0 Å². The lowest BCUT2D eigenvalue weighted by atomic mass is 10.3. The third-order valence-electron chi connectivity index (χ3n) is 4.37. The van der Waals surface area contributed by atoms with E-state index in [0.29, 0.717) is 0 Å². The van der Waals surface area contributed by atoms with Crippen LogP contribution in [0.2, 0.25) is 0 Å². The number of aryl methyl sites for hydroxylation is 2. The van der Waals surface area contributed by atoms with Gasteiger partial charge in [0.15, 0.2) is 11.6 Å². The average molecular weight is 560 g/mol. The minimum atomic E-state index is 0. The number of aromatic nitrogens is 4. The van der Waals surface area contributed by atoms with Crippen molar-refractivity contribution in [2.45, 2.75) is 26.3 Å². The van der Waals surface area contributed by atoms with Gasteiger partial charge in [0.2, 0.25) is 0 Å². The molecule has 0 bridgehead atoms. The van der Waals surface area contributed by atoms with Crippen molar-refractivity contribution in [1.82, 2.24) is 29.4 Å². The largest absolute Gasteiger partial charge is 0.357 e. The molecule has 0 radical (unpaired) electrons. The zero-order valence-corrected chi connectivity index (χ0v) is 20.4. The lowest BCUT2D eigenvalue weighted by molar-refractivity contribution is 0.461. The number of nitrogens with one attached hydrogen (secondary N) is 1. The number of halogens is 2. The van der Waals surface area contributed by atoms with E-state index in [0.717, 1.165) is 54.4 Å². The van der Waals surface area contributed by atoms with Crippen molar-refractivity contribution in [3.63, 3.8) is 0 Å². The van der Waals surface area contributed by atoms with Crippen LogP contribution in [0.25, 0.3) is 5.65 Å². The second kappa shape index (κ2) is 10.8. The molecule has 9 heteroatoms. The minimum absolute atomic E-state index is 0. The van der Waals surface area contributed by atoms with E-state index < -0.39 is 0 Å². The number of aliphatic imine (C=N–C) groups is 1. The monoisotopic (exact) mass is 559 g/mol. The van der Waals surface area contributed by atoms with Crippen LogP contribution in [0.3, 0.4) is 0 Å². The highest BCUT2D eigenvalue weighted by atomic mass is 127. The Morgan fingerprint density at radius 3 is 2.86 bits per heavy atom. The molecule has 0 atom stereocenters. The van der Waals surface area contributed by atoms with Gasteiger partial charge in [0.05, 0.1) is 6.54 Å². The summed E-state index contributed by atoms with van der Waals surface area (Å²) in [6.07, 6.45) is 5.84. The third-order valence-corrected chi connectivity index (χ3v) is 4.81. The summed E-state index contributed by atoms with van der Waals surface area (Å²) in [7, 11) is 4.12. The number of guanidine groups is 1. The fourth-order valence-electron chi connectivity index (χ4n) is 2.99.